The van der Waals surface area contributed by atoms with Gasteiger partial charge in [-0.1, -0.05) is 54.2 Å². The Morgan fingerprint density at radius 1 is 1.09 bits per heavy atom. The molecule has 0 fully saturated rings. The smallest absolute Gasteiger partial charge is 0.117 e. The second-order valence-corrected chi connectivity index (χ2v) is 5.61. The van der Waals surface area contributed by atoms with E-state index < -0.39 is 0 Å². The molecule has 0 bridgehead atoms. The fourth-order valence-corrected chi connectivity index (χ4v) is 2.59. The number of anilines is 1. The monoisotopic (exact) mass is 306 g/mol. The van der Waals surface area contributed by atoms with E-state index in [1.54, 1.807) is 11.8 Å². The first-order valence-electron chi connectivity index (χ1n) is 7.07. The zero-order valence-electron chi connectivity index (χ0n) is 12.5. The molecule has 0 saturated heterocycles. The molecule has 0 aromatic heterocycles. The molecule has 0 saturated carbocycles. The molecule has 0 amide bonds. The molecule has 0 aliphatic heterocycles. The molecule has 2 aromatic rings. The second kappa shape index (κ2) is 8.76. The van der Waals surface area contributed by atoms with Crippen molar-refractivity contribution in [3.8, 4) is 6.07 Å². The van der Waals surface area contributed by atoms with E-state index >= 15 is 0 Å². The summed E-state index contributed by atoms with van der Waals surface area (Å²) in [5, 5.41) is 11.4. The third-order valence-electron chi connectivity index (χ3n) is 3.11. The van der Waals surface area contributed by atoms with Gasteiger partial charge in [0.25, 0.3) is 0 Å². The van der Waals surface area contributed by atoms with Crippen molar-refractivity contribution in [2.75, 3.05) is 11.9 Å². The van der Waals surface area contributed by atoms with Crippen LogP contribution in [0.3, 0.4) is 0 Å². The Balaban J connectivity index is 1.91. The van der Waals surface area contributed by atoms with Gasteiger partial charge in [0.2, 0.25) is 0 Å². The van der Waals surface area contributed by atoms with E-state index in [0.29, 0.717) is 5.70 Å². The van der Waals surface area contributed by atoms with Gasteiger partial charge in [0, 0.05) is 17.6 Å². The van der Waals surface area contributed by atoms with Crippen molar-refractivity contribution in [1.29, 1.82) is 5.26 Å². The summed E-state index contributed by atoms with van der Waals surface area (Å²) in [5.74, 6) is 0. The molecule has 110 valence electrons. The van der Waals surface area contributed by atoms with Crippen molar-refractivity contribution in [3.05, 3.63) is 83.9 Å². The van der Waals surface area contributed by atoms with Gasteiger partial charge >= 0.3 is 0 Å². The van der Waals surface area contributed by atoms with Gasteiger partial charge in [-0.2, -0.15) is 5.26 Å². The molecule has 0 radical (unpaired) electrons. The van der Waals surface area contributed by atoms with Crippen LogP contribution in [0.2, 0.25) is 0 Å². The van der Waals surface area contributed by atoms with Crippen LogP contribution in [-0.2, 0) is 0 Å². The summed E-state index contributed by atoms with van der Waals surface area (Å²) in [6, 6.07) is 22.4. The maximum Gasteiger partial charge on any atom is 0.117 e. The Kier molecular flexibility index (Phi) is 6.35. The van der Waals surface area contributed by atoms with Gasteiger partial charge in [-0.15, -0.1) is 0 Å². The van der Waals surface area contributed by atoms with Crippen LogP contribution in [0.5, 0.6) is 0 Å². The van der Waals surface area contributed by atoms with Gasteiger partial charge in [0.1, 0.15) is 11.8 Å². The standard InChI is InChI=1S/C19H18N2S/c1-21(17-10-4-2-5-11-17)18(16-20)12-8-9-15-22-19-13-6-3-7-14-19/h2-7,9-15H,8H2,1H3/b15-9+,18-12-. The van der Waals surface area contributed by atoms with Gasteiger partial charge in [-0.3, -0.25) is 0 Å². The Bertz CT molecular complexity index is 670. The molecular weight excluding hydrogens is 288 g/mol. The Morgan fingerprint density at radius 2 is 1.73 bits per heavy atom. The van der Waals surface area contributed by atoms with Crippen LogP contribution in [0.25, 0.3) is 0 Å². The maximum absolute atomic E-state index is 9.30. The van der Waals surface area contributed by atoms with E-state index in [0.717, 1.165) is 12.1 Å². The lowest BCUT2D eigenvalue weighted by Gasteiger charge is -2.17. The highest BCUT2D eigenvalue weighted by atomic mass is 32.2. The summed E-state index contributed by atoms with van der Waals surface area (Å²) in [5.41, 5.74) is 1.67. The summed E-state index contributed by atoms with van der Waals surface area (Å²) < 4.78 is 0. The number of para-hydroxylation sites is 1. The predicted molar refractivity (Wildman–Crippen MR) is 94.6 cm³/mol. The van der Waals surface area contributed by atoms with Crippen molar-refractivity contribution >= 4 is 17.4 Å². The highest BCUT2D eigenvalue weighted by Crippen LogP contribution is 2.19. The molecule has 0 atom stereocenters. The third-order valence-corrected chi connectivity index (χ3v) is 3.98. The molecule has 0 N–H and O–H groups in total. The van der Waals surface area contributed by atoms with E-state index in [1.807, 2.05) is 66.6 Å². The molecule has 2 nitrogen and oxygen atoms in total. The van der Waals surface area contributed by atoms with Gasteiger partial charge in [-0.05, 0) is 42.2 Å². The summed E-state index contributed by atoms with van der Waals surface area (Å²) >= 11 is 1.68. The minimum atomic E-state index is 0.653. The average Bonchev–Trinajstić information content (AvgIpc) is 2.59. The quantitative estimate of drug-likeness (QED) is 0.540. The van der Waals surface area contributed by atoms with E-state index in [2.05, 4.69) is 29.7 Å². The fraction of sp³-hybridized carbons (Fsp3) is 0.105. The van der Waals surface area contributed by atoms with Crippen molar-refractivity contribution in [3.63, 3.8) is 0 Å². The molecule has 0 heterocycles. The van der Waals surface area contributed by atoms with Crippen LogP contribution in [-0.4, -0.2) is 7.05 Å². The first-order valence-corrected chi connectivity index (χ1v) is 7.95. The number of benzene rings is 2. The minimum absolute atomic E-state index is 0.653. The Labute approximate surface area is 136 Å². The number of allylic oxidation sites excluding steroid dienone is 3. The lowest BCUT2D eigenvalue weighted by atomic mass is 10.2. The first-order chi connectivity index (χ1) is 10.8. The molecule has 0 aliphatic rings. The SMILES string of the molecule is CN(/C(C#N)=C\C/C=C/Sc1ccccc1)c1ccccc1. The van der Waals surface area contributed by atoms with Crippen LogP contribution < -0.4 is 4.90 Å². The number of thioether (sulfide) groups is 1. The van der Waals surface area contributed by atoms with Crippen molar-refractivity contribution in [2.24, 2.45) is 0 Å². The van der Waals surface area contributed by atoms with Gasteiger partial charge in [0.15, 0.2) is 0 Å². The number of rotatable bonds is 6. The number of nitriles is 1. The fourth-order valence-electron chi connectivity index (χ4n) is 1.91. The largest absolute Gasteiger partial charge is 0.336 e. The van der Waals surface area contributed by atoms with Crippen molar-refractivity contribution in [1.82, 2.24) is 0 Å². The summed E-state index contributed by atoms with van der Waals surface area (Å²) in [6.07, 6.45) is 4.74. The maximum atomic E-state index is 9.30. The first kappa shape index (κ1) is 15.9. The molecule has 0 unspecified atom stereocenters. The normalized spacial score (nSPS) is 11.4. The van der Waals surface area contributed by atoms with Crippen LogP contribution in [0.15, 0.2) is 88.8 Å². The van der Waals surface area contributed by atoms with E-state index in [9.17, 15) is 5.26 Å². The Hall–Kier alpha value is -2.44. The molecule has 0 aliphatic carbocycles. The zero-order chi connectivity index (χ0) is 15.6. The predicted octanol–water partition coefficient (Wildman–Crippen LogP) is 5.23. The van der Waals surface area contributed by atoms with Gasteiger partial charge in [-0.25, -0.2) is 0 Å². The van der Waals surface area contributed by atoms with Crippen LogP contribution in [0.1, 0.15) is 6.42 Å². The highest BCUT2D eigenvalue weighted by molar-refractivity contribution is 8.02. The molecule has 2 aromatic carbocycles. The molecule has 22 heavy (non-hydrogen) atoms. The van der Waals surface area contributed by atoms with Gasteiger partial charge < -0.3 is 4.90 Å². The lowest BCUT2D eigenvalue weighted by molar-refractivity contribution is 1.12. The number of nitrogens with zero attached hydrogens (tertiary/aromatic N) is 2. The van der Waals surface area contributed by atoms with Crippen molar-refractivity contribution < 1.29 is 0 Å². The number of hydrogen-bond acceptors (Lipinski definition) is 3. The summed E-state index contributed by atoms with van der Waals surface area (Å²) in [4.78, 5) is 3.11. The van der Waals surface area contributed by atoms with Crippen LogP contribution in [0, 0.1) is 11.3 Å². The average molecular weight is 306 g/mol. The second-order valence-electron chi connectivity index (χ2n) is 4.63. The van der Waals surface area contributed by atoms with Crippen LogP contribution in [0.4, 0.5) is 5.69 Å². The van der Waals surface area contributed by atoms with Crippen LogP contribution >= 0.6 is 11.8 Å². The lowest BCUT2D eigenvalue weighted by Crippen LogP contribution is -2.14. The zero-order valence-corrected chi connectivity index (χ0v) is 13.3. The van der Waals surface area contributed by atoms with E-state index in [-0.39, 0.29) is 0 Å². The highest BCUT2D eigenvalue weighted by Gasteiger charge is 2.04. The topological polar surface area (TPSA) is 27.0 Å². The van der Waals surface area contributed by atoms with E-state index in [4.69, 9.17) is 0 Å². The van der Waals surface area contributed by atoms with Crippen molar-refractivity contribution in [2.45, 2.75) is 11.3 Å². The molecule has 0 spiro atoms. The molecule has 3 heteroatoms. The van der Waals surface area contributed by atoms with E-state index in [1.165, 1.54) is 4.90 Å². The Morgan fingerprint density at radius 3 is 2.36 bits per heavy atom. The van der Waals surface area contributed by atoms with Gasteiger partial charge in [0.05, 0.1) is 0 Å². The minimum Gasteiger partial charge on any atom is -0.336 e. The molecule has 2 rings (SSSR count). The third kappa shape index (κ3) is 4.83. The summed E-state index contributed by atoms with van der Waals surface area (Å²) in [7, 11) is 1.91. The molecular formula is C19H18N2S. The summed E-state index contributed by atoms with van der Waals surface area (Å²) in [6.45, 7) is 0. The number of hydrogen-bond donors (Lipinski definition) is 0.